The third-order valence-corrected chi connectivity index (χ3v) is 11.8. The number of rotatable bonds is 12. The van der Waals surface area contributed by atoms with Gasteiger partial charge in [0.05, 0.1) is 24.6 Å². The number of allylic oxidation sites excluding steroid dienone is 3. The number of halogens is 7. The number of fused-ring (bicyclic) bond motifs is 2. The van der Waals surface area contributed by atoms with Crippen LogP contribution in [0.2, 0.25) is 20.5 Å². The Morgan fingerprint density at radius 3 is 1.44 bits per heavy atom. The molecule has 3 heterocycles. The third kappa shape index (κ3) is 14.5. The maximum absolute atomic E-state index is 13.0. The van der Waals surface area contributed by atoms with Crippen molar-refractivity contribution in [2.75, 3.05) is 13.2 Å². The normalized spacial score (nSPS) is 14.3. The molecular formula is C44H48B3BrF6N4O13. The second-order valence-corrected chi connectivity index (χ2v) is 16.9. The lowest BCUT2D eigenvalue weighted by atomic mass is 9.74. The Morgan fingerprint density at radius 2 is 1.03 bits per heavy atom. The molecule has 71 heavy (non-hydrogen) atoms. The van der Waals surface area contributed by atoms with E-state index < -0.39 is 47.2 Å². The first kappa shape index (κ1) is 55.9. The molecule has 0 radical (unpaired) electrons. The molecule has 0 unspecified atom stereocenters. The molecule has 7 rings (SSSR count). The predicted octanol–water partition coefficient (Wildman–Crippen LogP) is 6.51. The van der Waals surface area contributed by atoms with Crippen LogP contribution in [0.25, 0.3) is 21.2 Å². The summed E-state index contributed by atoms with van der Waals surface area (Å²) in [6.45, 7) is 10.1. The summed E-state index contributed by atoms with van der Waals surface area (Å²) in [6, 6.07) is 10.9. The van der Waals surface area contributed by atoms with Gasteiger partial charge in [-0.1, -0.05) is 24.3 Å². The Labute approximate surface area is 411 Å². The van der Waals surface area contributed by atoms with Gasteiger partial charge in [-0.15, -0.1) is 26.3 Å². The van der Waals surface area contributed by atoms with E-state index >= 15 is 0 Å². The van der Waals surface area contributed by atoms with Crippen molar-refractivity contribution in [1.29, 1.82) is 0 Å². The quantitative estimate of drug-likeness (QED) is 0.0648. The molecule has 1 saturated heterocycles. The zero-order valence-electron chi connectivity index (χ0n) is 39.7. The number of carbonyl (C=O) groups excluding carboxylic acids is 2. The van der Waals surface area contributed by atoms with Crippen molar-refractivity contribution in [3.8, 4) is 11.5 Å². The average molecular weight is 1070 g/mol. The molecule has 17 nitrogen and oxygen atoms in total. The van der Waals surface area contributed by atoms with Gasteiger partial charge in [-0.25, -0.2) is 9.59 Å². The number of hydrogen-bond acceptors (Lipinski definition) is 13. The molecule has 4 aromatic rings. The maximum Gasteiger partial charge on any atom is 0.573 e. The van der Waals surface area contributed by atoms with Crippen LogP contribution in [-0.2, 0) is 72.8 Å². The highest BCUT2D eigenvalue weighted by molar-refractivity contribution is 9.15. The van der Waals surface area contributed by atoms with Crippen LogP contribution in [0, 0.1) is 0 Å². The Morgan fingerprint density at radius 1 is 0.648 bits per heavy atom. The first-order valence-electron chi connectivity index (χ1n) is 21.9. The fraction of sp³-hybridized carbons (Fsp3) is 0.409. The van der Waals surface area contributed by atoms with E-state index in [4.69, 9.17) is 23.2 Å². The molecule has 0 spiro atoms. The molecule has 0 atom stereocenters. The van der Waals surface area contributed by atoms with Gasteiger partial charge in [0.15, 0.2) is 0 Å². The predicted molar refractivity (Wildman–Crippen MR) is 254 cm³/mol. The van der Waals surface area contributed by atoms with Crippen LogP contribution in [-0.4, -0.2) is 77.5 Å². The van der Waals surface area contributed by atoms with Gasteiger partial charge in [0.1, 0.15) is 11.5 Å². The Balaban J connectivity index is 0.000000224. The Hall–Kier alpha value is -6.05. The molecule has 3 aliphatic rings. The first-order valence-corrected chi connectivity index (χ1v) is 22.7. The van der Waals surface area contributed by atoms with Gasteiger partial charge in [-0.3, -0.25) is 37.4 Å². The van der Waals surface area contributed by atoms with Crippen LogP contribution in [0.1, 0.15) is 67.3 Å². The van der Waals surface area contributed by atoms with Gasteiger partial charge in [0.25, 0.3) is 11.1 Å². The molecule has 0 bridgehead atoms. The summed E-state index contributed by atoms with van der Waals surface area (Å²) in [5.74, 6) is -1.65. The molecule has 27 heteroatoms. The molecule has 1 fully saturated rings. The monoisotopic (exact) mass is 1070 g/mol. The lowest BCUT2D eigenvalue weighted by Gasteiger charge is -2.25. The topological polar surface area (TPSA) is 187 Å². The summed E-state index contributed by atoms with van der Waals surface area (Å²) in [7, 11) is 2.64. The number of hydrogen-bond donors (Lipinski definition) is 0. The minimum atomic E-state index is -4.83. The molecule has 0 amide bonds. The van der Waals surface area contributed by atoms with Crippen molar-refractivity contribution in [2.45, 2.75) is 92.7 Å². The molecule has 380 valence electrons. The van der Waals surface area contributed by atoms with Crippen LogP contribution in [0.4, 0.5) is 26.3 Å². The number of benzene rings is 2. The lowest BCUT2D eigenvalue weighted by molar-refractivity contribution is -0.275. The van der Waals surface area contributed by atoms with Gasteiger partial charge in [-0.05, 0) is 108 Å². The molecule has 1 aliphatic heterocycles. The molecule has 2 aromatic carbocycles. The summed E-state index contributed by atoms with van der Waals surface area (Å²) >= 11 is 3.40. The number of alkyl halides is 6. The third-order valence-electron chi connectivity index (χ3n) is 10.9. The fourth-order valence-corrected chi connectivity index (χ4v) is 8.95. The van der Waals surface area contributed by atoms with Crippen molar-refractivity contribution in [3.63, 3.8) is 0 Å². The minimum Gasteiger partial charge on any atom is -0.466 e. The second kappa shape index (κ2) is 23.5. The highest BCUT2D eigenvalue weighted by atomic mass is 79.9. The number of ether oxygens (including phenoxy) is 4. The summed E-state index contributed by atoms with van der Waals surface area (Å²) < 4.78 is 114. The van der Waals surface area contributed by atoms with E-state index in [0.717, 1.165) is 9.13 Å². The number of nitrogens with zero attached hydrogens (tertiary/aromatic N) is 4. The Bertz CT molecular complexity index is 2760. The van der Waals surface area contributed by atoms with Crippen molar-refractivity contribution in [2.24, 2.45) is 14.1 Å². The van der Waals surface area contributed by atoms with Crippen LogP contribution in [0.5, 0.6) is 11.5 Å². The lowest BCUT2D eigenvalue weighted by Crippen LogP contribution is -2.44. The van der Waals surface area contributed by atoms with Crippen molar-refractivity contribution >= 4 is 70.4 Å². The van der Waals surface area contributed by atoms with E-state index in [9.17, 15) is 55.1 Å². The first-order chi connectivity index (χ1) is 33.2. The van der Waals surface area contributed by atoms with E-state index in [-0.39, 0.29) is 78.4 Å². The minimum absolute atomic E-state index is 0.0634. The van der Waals surface area contributed by atoms with Crippen LogP contribution in [0.3, 0.4) is 0 Å². The standard InChI is InChI=1S/C21H21F3N2O5.C20H18BrF3N2O5.C3H9B3O3/c1-12-16(14-6-4-7-15(10-14)31-21(22,23)24)11-17-18(12)25(3)20(29)26(19(17)28)8-5-9-30-13(2)27;1-11(27)30-8-4-7-26-18(28)15-10-14(16(21)17(15)25(2)19(26)29)12-5-3-6-13(9-12)31-20(22,23)24;1-4-7-5(2)9-6(3)8-4/h4,6-7,10H,5,8-9,11H2,1-3H3;3,5-6,9H,4,7-8,10H2,1-2H3;1-3H3. The largest absolute Gasteiger partial charge is 0.573 e. The van der Waals surface area contributed by atoms with E-state index in [1.165, 1.54) is 66.4 Å². The zero-order valence-corrected chi connectivity index (χ0v) is 41.3. The fourth-order valence-electron chi connectivity index (χ4n) is 8.07. The van der Waals surface area contributed by atoms with E-state index in [1.807, 2.05) is 20.5 Å². The van der Waals surface area contributed by atoms with Gasteiger partial charge in [-0.2, -0.15) is 0 Å². The summed E-state index contributed by atoms with van der Waals surface area (Å²) in [4.78, 5) is 73.1. The number of aromatic nitrogens is 4. The SMILES string of the molecule is CB1OB(C)OB(C)O1.CC(=O)OCCCn1c(=O)c2c(n(C)c1=O)C(Br)=C(c1cccc(OC(F)(F)F)c1)C2.CC(=O)OCCCn1c(=O)c2c(n(C)c1=O)C(C)=C(c1cccc(OC(F)(F)F)c1)C2. The van der Waals surface area contributed by atoms with Crippen molar-refractivity contribution in [3.05, 3.63) is 124 Å². The van der Waals surface area contributed by atoms with E-state index in [1.54, 1.807) is 26.1 Å². The Kier molecular flexibility index (Phi) is 18.5. The van der Waals surface area contributed by atoms with Crippen molar-refractivity contribution < 1.29 is 68.6 Å². The number of carbonyl (C=O) groups is 2. The molecule has 2 aromatic heterocycles. The van der Waals surface area contributed by atoms with Crippen molar-refractivity contribution in [1.82, 2.24) is 18.3 Å². The van der Waals surface area contributed by atoms with E-state index in [0.29, 0.717) is 61.3 Å². The molecular weight excluding hydrogens is 1020 g/mol. The molecule has 0 N–H and O–H groups in total. The van der Waals surface area contributed by atoms with Gasteiger partial charge in [0.2, 0.25) is 0 Å². The summed E-state index contributed by atoms with van der Waals surface area (Å²) in [5, 5.41) is 0. The smallest absolute Gasteiger partial charge is 0.466 e. The highest BCUT2D eigenvalue weighted by Gasteiger charge is 2.35. The van der Waals surface area contributed by atoms with Crippen LogP contribution in [0.15, 0.2) is 67.7 Å². The zero-order chi connectivity index (χ0) is 52.7. The summed E-state index contributed by atoms with van der Waals surface area (Å²) in [6.07, 6.45) is -8.76. The van der Waals surface area contributed by atoms with Gasteiger partial charge in [0, 0.05) is 69.5 Å². The molecule has 0 saturated carbocycles. The average Bonchev–Trinajstić information content (AvgIpc) is 3.80. The number of esters is 2. The van der Waals surface area contributed by atoms with Crippen LogP contribution < -0.4 is 32.0 Å². The molecule has 2 aliphatic carbocycles. The summed E-state index contributed by atoms with van der Waals surface area (Å²) in [5.41, 5.74) is 2.33. The van der Waals surface area contributed by atoms with Gasteiger partial charge >= 0.3 is 57.4 Å². The highest BCUT2D eigenvalue weighted by Crippen LogP contribution is 2.41. The van der Waals surface area contributed by atoms with E-state index in [2.05, 4.69) is 25.4 Å². The second-order valence-electron chi connectivity index (χ2n) is 16.2. The van der Waals surface area contributed by atoms with Crippen LogP contribution >= 0.6 is 15.9 Å². The maximum atomic E-state index is 13.0. The van der Waals surface area contributed by atoms with Gasteiger partial charge < -0.3 is 32.7 Å².